The smallest absolute Gasteiger partial charge is 0.255 e. The second-order valence-corrected chi connectivity index (χ2v) is 7.79. The highest BCUT2D eigenvalue weighted by atomic mass is 35.5. The first kappa shape index (κ1) is 16.5. The Labute approximate surface area is 132 Å². The van der Waals surface area contributed by atoms with Crippen LogP contribution in [-0.2, 0) is 9.84 Å². The Morgan fingerprint density at radius 3 is 2.76 bits per heavy atom. The molecule has 1 amide bonds. The number of carbonyl (C=O) groups is 1. The van der Waals surface area contributed by atoms with Crippen LogP contribution in [0.5, 0.6) is 0 Å². The first-order chi connectivity index (χ1) is 9.84. The van der Waals surface area contributed by atoms with Gasteiger partial charge in [0.15, 0.2) is 9.84 Å². The highest BCUT2D eigenvalue weighted by molar-refractivity contribution is 7.91. The van der Waals surface area contributed by atoms with Gasteiger partial charge in [-0.15, -0.1) is 0 Å². The highest BCUT2D eigenvalue weighted by Crippen LogP contribution is 2.24. The van der Waals surface area contributed by atoms with Gasteiger partial charge in [-0.25, -0.2) is 13.4 Å². The van der Waals surface area contributed by atoms with Crippen molar-refractivity contribution < 1.29 is 18.3 Å². The van der Waals surface area contributed by atoms with Crippen LogP contribution >= 0.6 is 23.2 Å². The van der Waals surface area contributed by atoms with E-state index in [-0.39, 0.29) is 40.4 Å². The Hall–Kier alpha value is -0.890. The summed E-state index contributed by atoms with van der Waals surface area (Å²) in [7, 11) is -3.14. The summed E-state index contributed by atoms with van der Waals surface area (Å²) in [6.07, 6.45) is 1.62. The van der Waals surface area contributed by atoms with Crippen LogP contribution in [0.25, 0.3) is 0 Å². The van der Waals surface area contributed by atoms with Gasteiger partial charge in [-0.05, 0) is 12.5 Å². The normalized spacial score (nSPS) is 20.4. The Kier molecular flexibility index (Phi) is 5.08. The second-order valence-electron chi connectivity index (χ2n) is 4.77. The quantitative estimate of drug-likeness (QED) is 0.817. The molecule has 9 heteroatoms. The standard InChI is InChI=1S/C12H14Cl2N2O4S/c13-10-6-15-11(14)5-9(10)12(18)16(2-3-17)8-1-4-21(19,20)7-8/h5-6,8,17H,1-4,7H2. The average molecular weight is 353 g/mol. The van der Waals surface area contributed by atoms with Crippen molar-refractivity contribution >= 4 is 38.9 Å². The average Bonchev–Trinajstić information content (AvgIpc) is 2.78. The first-order valence-corrected chi connectivity index (χ1v) is 8.85. The minimum Gasteiger partial charge on any atom is -0.395 e. The van der Waals surface area contributed by atoms with Crippen LogP contribution in [0.15, 0.2) is 12.3 Å². The molecule has 1 aliphatic heterocycles. The van der Waals surface area contributed by atoms with E-state index >= 15 is 0 Å². The van der Waals surface area contributed by atoms with E-state index in [1.54, 1.807) is 0 Å². The fourth-order valence-electron chi connectivity index (χ4n) is 2.31. The zero-order valence-corrected chi connectivity index (χ0v) is 13.3. The van der Waals surface area contributed by atoms with Crippen molar-refractivity contribution in [3.63, 3.8) is 0 Å². The molecule has 1 atom stereocenters. The molecule has 1 N–H and O–H groups in total. The van der Waals surface area contributed by atoms with E-state index < -0.39 is 21.8 Å². The molecule has 0 aliphatic carbocycles. The van der Waals surface area contributed by atoms with Crippen LogP contribution in [0.1, 0.15) is 16.8 Å². The summed E-state index contributed by atoms with van der Waals surface area (Å²) in [6, 6.07) is 0.873. The number of halogens is 2. The Balaban J connectivity index is 2.30. The third kappa shape index (κ3) is 3.85. The zero-order valence-electron chi connectivity index (χ0n) is 11.0. The molecule has 0 radical (unpaired) electrons. The van der Waals surface area contributed by atoms with E-state index in [4.69, 9.17) is 28.3 Å². The van der Waals surface area contributed by atoms with Crippen molar-refractivity contribution in [1.82, 2.24) is 9.88 Å². The summed E-state index contributed by atoms with van der Waals surface area (Å²) in [6.45, 7) is -0.228. The van der Waals surface area contributed by atoms with Crippen molar-refractivity contribution in [3.8, 4) is 0 Å². The van der Waals surface area contributed by atoms with E-state index in [9.17, 15) is 13.2 Å². The molecular weight excluding hydrogens is 339 g/mol. The van der Waals surface area contributed by atoms with Gasteiger partial charge in [0.2, 0.25) is 0 Å². The molecule has 116 valence electrons. The van der Waals surface area contributed by atoms with Gasteiger partial charge >= 0.3 is 0 Å². The number of sulfone groups is 1. The number of aliphatic hydroxyl groups is 1. The molecule has 6 nitrogen and oxygen atoms in total. The SMILES string of the molecule is O=C(c1cc(Cl)ncc1Cl)N(CCO)C1CCS(=O)(=O)C1. The summed E-state index contributed by atoms with van der Waals surface area (Å²) in [5, 5.41) is 9.38. The van der Waals surface area contributed by atoms with Crippen molar-refractivity contribution in [2.45, 2.75) is 12.5 Å². The topological polar surface area (TPSA) is 87.6 Å². The third-order valence-electron chi connectivity index (χ3n) is 3.30. The fourth-order valence-corrected chi connectivity index (χ4v) is 4.38. The molecule has 21 heavy (non-hydrogen) atoms. The summed E-state index contributed by atoms with van der Waals surface area (Å²) < 4.78 is 23.1. The van der Waals surface area contributed by atoms with Crippen molar-refractivity contribution in [3.05, 3.63) is 28.0 Å². The highest BCUT2D eigenvalue weighted by Gasteiger charge is 2.35. The van der Waals surface area contributed by atoms with Crippen LogP contribution in [0.2, 0.25) is 10.2 Å². The monoisotopic (exact) mass is 352 g/mol. The lowest BCUT2D eigenvalue weighted by atomic mass is 10.1. The van der Waals surface area contributed by atoms with Crippen molar-refractivity contribution in [1.29, 1.82) is 0 Å². The predicted molar refractivity (Wildman–Crippen MR) is 79.4 cm³/mol. The molecule has 2 rings (SSSR count). The number of aliphatic hydroxyl groups excluding tert-OH is 1. The minimum atomic E-state index is -3.14. The zero-order chi connectivity index (χ0) is 15.6. The van der Waals surface area contributed by atoms with E-state index in [0.717, 1.165) is 0 Å². The number of nitrogens with zero attached hydrogens (tertiary/aromatic N) is 2. The molecule has 1 saturated heterocycles. The molecule has 2 heterocycles. The van der Waals surface area contributed by atoms with E-state index in [1.165, 1.54) is 17.2 Å². The van der Waals surface area contributed by atoms with E-state index in [2.05, 4.69) is 4.98 Å². The molecule has 1 aromatic heterocycles. The van der Waals surface area contributed by atoms with Crippen LogP contribution in [-0.4, -0.2) is 60.0 Å². The molecule has 1 aliphatic rings. The van der Waals surface area contributed by atoms with Crippen LogP contribution in [0, 0.1) is 0 Å². The number of hydrogen-bond donors (Lipinski definition) is 1. The summed E-state index contributed by atoms with van der Waals surface area (Å²) in [5.41, 5.74) is 0.148. The minimum absolute atomic E-state index is 0.0370. The maximum atomic E-state index is 12.6. The number of hydrogen-bond acceptors (Lipinski definition) is 5. The van der Waals surface area contributed by atoms with Gasteiger partial charge < -0.3 is 10.0 Å². The molecule has 1 aromatic rings. The predicted octanol–water partition coefficient (Wildman–Crippen LogP) is 1.01. The lowest BCUT2D eigenvalue weighted by Gasteiger charge is -2.28. The maximum absolute atomic E-state index is 12.6. The molecule has 0 spiro atoms. The maximum Gasteiger partial charge on any atom is 0.255 e. The van der Waals surface area contributed by atoms with Gasteiger partial charge in [0.05, 0.1) is 28.7 Å². The van der Waals surface area contributed by atoms with Gasteiger partial charge in [-0.3, -0.25) is 4.79 Å². The Morgan fingerprint density at radius 1 is 1.48 bits per heavy atom. The molecular formula is C12H14Cl2N2O4S. The van der Waals surface area contributed by atoms with Crippen LogP contribution < -0.4 is 0 Å². The molecule has 0 bridgehead atoms. The third-order valence-corrected chi connectivity index (χ3v) is 5.56. The summed E-state index contributed by atoms with van der Waals surface area (Å²) in [5.74, 6) is -0.521. The number of pyridine rings is 1. The van der Waals surface area contributed by atoms with Gasteiger partial charge in [0.25, 0.3) is 5.91 Å². The van der Waals surface area contributed by atoms with Crippen LogP contribution in [0.4, 0.5) is 0 Å². The number of amides is 1. The van der Waals surface area contributed by atoms with Gasteiger partial charge in [-0.1, -0.05) is 23.2 Å². The largest absolute Gasteiger partial charge is 0.395 e. The number of aromatic nitrogens is 1. The second kappa shape index (κ2) is 6.48. The summed E-state index contributed by atoms with van der Waals surface area (Å²) >= 11 is 11.7. The Morgan fingerprint density at radius 2 is 2.19 bits per heavy atom. The molecule has 1 unspecified atom stereocenters. The van der Waals surface area contributed by atoms with E-state index in [1.807, 2.05) is 0 Å². The number of carbonyl (C=O) groups excluding carboxylic acids is 1. The summed E-state index contributed by atoms with van der Waals surface area (Å²) in [4.78, 5) is 17.7. The van der Waals surface area contributed by atoms with Crippen molar-refractivity contribution in [2.24, 2.45) is 0 Å². The lowest BCUT2D eigenvalue weighted by molar-refractivity contribution is 0.0655. The molecule has 1 fully saturated rings. The molecule has 0 saturated carbocycles. The fraction of sp³-hybridized carbons (Fsp3) is 0.500. The Bertz CT molecular complexity index is 651. The van der Waals surface area contributed by atoms with Gasteiger partial charge in [0.1, 0.15) is 5.15 Å². The van der Waals surface area contributed by atoms with Gasteiger partial charge in [-0.2, -0.15) is 0 Å². The van der Waals surface area contributed by atoms with Gasteiger partial charge in [0, 0.05) is 18.8 Å². The lowest BCUT2D eigenvalue weighted by Crippen LogP contribution is -2.43. The number of rotatable bonds is 4. The van der Waals surface area contributed by atoms with Crippen LogP contribution in [0.3, 0.4) is 0 Å². The van der Waals surface area contributed by atoms with Crippen molar-refractivity contribution in [2.75, 3.05) is 24.7 Å². The van der Waals surface area contributed by atoms with E-state index in [0.29, 0.717) is 6.42 Å². The first-order valence-electron chi connectivity index (χ1n) is 6.27. The molecule has 0 aromatic carbocycles.